The average molecular weight is 708 g/mol. The number of hydrogen-bond acceptors (Lipinski definition) is 8. The number of piperidine rings is 1. The number of ether oxygens (including phenoxy) is 1. The Kier molecular flexibility index (Phi) is 8.72. The summed E-state index contributed by atoms with van der Waals surface area (Å²) in [5.74, 6) is -4.47. The minimum atomic E-state index is -3.55. The molecule has 4 aromatic rings. The molecule has 8 rings (SSSR count). The molecule has 3 heterocycles. The molecular formula is C39H39F2N7O4. The fourth-order valence-electron chi connectivity index (χ4n) is 7.63. The number of rotatable bonds is 7. The lowest BCUT2D eigenvalue weighted by molar-refractivity contribution is -0.140. The van der Waals surface area contributed by atoms with Crippen molar-refractivity contribution in [2.24, 2.45) is 0 Å². The molecule has 1 aromatic heterocycles. The molecule has 2 aliphatic heterocycles. The number of carbonyl (C=O) groups excluding carboxylic acids is 3. The summed E-state index contributed by atoms with van der Waals surface area (Å²) in [5, 5.41) is 6.10. The first-order valence-corrected chi connectivity index (χ1v) is 17.7. The van der Waals surface area contributed by atoms with E-state index in [-0.39, 0.29) is 42.2 Å². The van der Waals surface area contributed by atoms with E-state index in [2.05, 4.69) is 44.9 Å². The van der Waals surface area contributed by atoms with Gasteiger partial charge < -0.3 is 30.1 Å². The highest BCUT2D eigenvalue weighted by Crippen LogP contribution is 2.45. The van der Waals surface area contributed by atoms with Crippen molar-refractivity contribution in [1.29, 1.82) is 0 Å². The van der Waals surface area contributed by atoms with E-state index in [0.717, 1.165) is 35.3 Å². The molecule has 0 spiro atoms. The Bertz CT molecular complexity index is 1970. The van der Waals surface area contributed by atoms with Crippen LogP contribution in [-0.2, 0) is 9.53 Å². The molecule has 3 amide bonds. The molecule has 0 atom stereocenters. The number of alkyl carbamates (subject to hydrolysis) is 1. The quantitative estimate of drug-likeness (QED) is 0.229. The molecule has 52 heavy (non-hydrogen) atoms. The summed E-state index contributed by atoms with van der Waals surface area (Å²) >= 11 is 0. The zero-order valence-electron chi connectivity index (χ0n) is 28.7. The highest BCUT2D eigenvalue weighted by atomic mass is 19.3. The second kappa shape index (κ2) is 13.5. The van der Waals surface area contributed by atoms with Crippen molar-refractivity contribution >= 4 is 41.0 Å². The van der Waals surface area contributed by atoms with E-state index in [0.29, 0.717) is 43.0 Å². The van der Waals surface area contributed by atoms with Gasteiger partial charge in [-0.3, -0.25) is 9.59 Å². The smallest absolute Gasteiger partial charge is 0.407 e. The van der Waals surface area contributed by atoms with Crippen LogP contribution in [-0.4, -0.2) is 84.1 Å². The minimum Gasteiger partial charge on any atom is -0.449 e. The van der Waals surface area contributed by atoms with Crippen LogP contribution >= 0.6 is 0 Å². The largest absolute Gasteiger partial charge is 0.449 e. The molecule has 0 unspecified atom stereocenters. The Morgan fingerprint density at radius 1 is 0.923 bits per heavy atom. The van der Waals surface area contributed by atoms with Crippen molar-refractivity contribution in [3.8, 4) is 11.1 Å². The summed E-state index contributed by atoms with van der Waals surface area (Å²) in [4.78, 5) is 51.8. The molecule has 0 bridgehead atoms. The van der Waals surface area contributed by atoms with Gasteiger partial charge in [0.25, 0.3) is 11.8 Å². The number of hydrogen-bond donors (Lipinski definition) is 2. The molecule has 1 saturated heterocycles. The van der Waals surface area contributed by atoms with E-state index in [1.807, 2.05) is 24.3 Å². The predicted octanol–water partition coefficient (Wildman–Crippen LogP) is 6.33. The van der Waals surface area contributed by atoms with Gasteiger partial charge >= 0.3 is 12.0 Å². The van der Waals surface area contributed by atoms with Gasteiger partial charge in [0.2, 0.25) is 5.95 Å². The molecule has 0 radical (unpaired) electrons. The normalized spacial score (nSPS) is 18.5. The van der Waals surface area contributed by atoms with E-state index in [1.165, 1.54) is 29.3 Å². The number of carbonyl (C=O) groups is 3. The maximum absolute atomic E-state index is 14.8. The lowest BCUT2D eigenvalue weighted by Gasteiger charge is -2.38. The first kappa shape index (κ1) is 33.5. The molecule has 11 nitrogen and oxygen atoms in total. The number of amides is 3. The van der Waals surface area contributed by atoms with Gasteiger partial charge in [-0.25, -0.2) is 9.78 Å². The Morgan fingerprint density at radius 2 is 1.58 bits per heavy atom. The van der Waals surface area contributed by atoms with E-state index in [1.54, 1.807) is 29.2 Å². The standard InChI is InChI=1S/C39H39F2N7O4/c1-46-33-21-42-37(45-34(33)48(27-7-6-8-27)23-39(40,41)36(46)50)43-25-15-13-24(14-16-25)35(49)47-19-17-26(18-20-47)44-38(51)52-22-32-30-11-4-2-9-28(30)29-10-3-5-12-31(29)32/h2-5,9-16,21,26-27,32H,6-8,17-20,22-23H2,1H3,(H,44,51)(H,42,43,45). The van der Waals surface area contributed by atoms with Crippen LogP contribution in [0.1, 0.15) is 59.5 Å². The molecule has 2 fully saturated rings. The van der Waals surface area contributed by atoms with Crippen LogP contribution in [0.5, 0.6) is 0 Å². The van der Waals surface area contributed by atoms with Crippen molar-refractivity contribution in [2.45, 2.75) is 56.0 Å². The highest BCUT2D eigenvalue weighted by molar-refractivity contribution is 6.02. The first-order valence-electron chi connectivity index (χ1n) is 17.7. The van der Waals surface area contributed by atoms with Gasteiger partial charge in [0.1, 0.15) is 12.3 Å². The lowest BCUT2D eigenvalue weighted by atomic mass is 9.91. The maximum Gasteiger partial charge on any atom is 0.407 e. The Balaban J connectivity index is 0.847. The number of anilines is 4. The number of likely N-dealkylation sites (tertiary alicyclic amines) is 1. The fraction of sp³-hybridized carbons (Fsp3) is 0.359. The molecule has 2 N–H and O–H groups in total. The van der Waals surface area contributed by atoms with Gasteiger partial charge in [0, 0.05) is 49.4 Å². The third-order valence-electron chi connectivity index (χ3n) is 10.7. The van der Waals surface area contributed by atoms with Gasteiger partial charge in [-0.05, 0) is 78.6 Å². The molecule has 1 saturated carbocycles. The summed E-state index contributed by atoms with van der Waals surface area (Å²) in [6, 6.07) is 23.1. The van der Waals surface area contributed by atoms with Gasteiger partial charge in [0.15, 0.2) is 5.82 Å². The molecule has 13 heteroatoms. The minimum absolute atomic E-state index is 0.0125. The number of alkyl halides is 2. The molecule has 4 aliphatic rings. The van der Waals surface area contributed by atoms with Crippen molar-refractivity contribution in [1.82, 2.24) is 20.2 Å². The summed E-state index contributed by atoms with van der Waals surface area (Å²) in [7, 11) is 1.31. The molecule has 3 aromatic carbocycles. The van der Waals surface area contributed by atoms with Gasteiger partial charge in [0.05, 0.1) is 12.7 Å². The Labute approximate surface area is 300 Å². The topological polar surface area (TPSA) is 120 Å². The van der Waals surface area contributed by atoms with Crippen LogP contribution in [0.3, 0.4) is 0 Å². The SMILES string of the molecule is CN1C(=O)C(F)(F)CN(C2CCC2)c2nc(Nc3ccc(C(=O)N4CCC(NC(=O)OCC5c6ccccc6-c6ccccc65)CC4)cc3)ncc21. The number of aromatic nitrogens is 2. The fourth-order valence-corrected chi connectivity index (χ4v) is 7.63. The summed E-state index contributed by atoms with van der Waals surface area (Å²) in [6.07, 6.45) is 4.58. The average Bonchev–Trinajstić information content (AvgIpc) is 3.43. The van der Waals surface area contributed by atoms with Crippen LogP contribution in [0, 0.1) is 0 Å². The number of fused-ring (bicyclic) bond motifs is 4. The monoisotopic (exact) mass is 707 g/mol. The summed E-state index contributed by atoms with van der Waals surface area (Å²) < 4.78 is 35.3. The van der Waals surface area contributed by atoms with E-state index in [9.17, 15) is 23.2 Å². The summed E-state index contributed by atoms with van der Waals surface area (Å²) in [6.45, 7) is 0.494. The van der Waals surface area contributed by atoms with Crippen molar-refractivity contribution in [3.63, 3.8) is 0 Å². The van der Waals surface area contributed by atoms with Crippen LogP contribution in [0.4, 0.5) is 36.7 Å². The molecule has 2 aliphatic carbocycles. The van der Waals surface area contributed by atoms with Crippen LogP contribution in [0.25, 0.3) is 11.1 Å². The van der Waals surface area contributed by atoms with Crippen molar-refractivity contribution in [2.75, 3.05) is 48.4 Å². The van der Waals surface area contributed by atoms with Crippen molar-refractivity contribution < 1.29 is 27.9 Å². The number of nitrogens with one attached hydrogen (secondary N) is 2. The Morgan fingerprint density at radius 3 is 2.21 bits per heavy atom. The highest BCUT2D eigenvalue weighted by Gasteiger charge is 2.49. The molecular weight excluding hydrogens is 668 g/mol. The third-order valence-corrected chi connectivity index (χ3v) is 10.7. The number of nitrogens with zero attached hydrogens (tertiary/aromatic N) is 5. The summed E-state index contributed by atoms with van der Waals surface area (Å²) in [5.41, 5.74) is 6.02. The van der Waals surface area contributed by atoms with Gasteiger partial charge in [-0.1, -0.05) is 48.5 Å². The first-order chi connectivity index (χ1) is 25.2. The van der Waals surface area contributed by atoms with Crippen LogP contribution in [0.15, 0.2) is 79.0 Å². The van der Waals surface area contributed by atoms with Crippen molar-refractivity contribution in [3.05, 3.63) is 95.7 Å². The van der Waals surface area contributed by atoms with Gasteiger partial charge in [-0.15, -0.1) is 0 Å². The van der Waals surface area contributed by atoms with Crippen LogP contribution < -0.4 is 20.4 Å². The second-order valence-corrected chi connectivity index (χ2v) is 13.9. The van der Waals surface area contributed by atoms with E-state index >= 15 is 0 Å². The number of halogens is 2. The Hall–Kier alpha value is -5.59. The van der Waals surface area contributed by atoms with E-state index in [4.69, 9.17) is 4.74 Å². The zero-order chi connectivity index (χ0) is 36.0. The maximum atomic E-state index is 14.8. The van der Waals surface area contributed by atoms with E-state index < -0.39 is 24.5 Å². The number of benzene rings is 3. The molecule has 268 valence electrons. The lowest BCUT2D eigenvalue weighted by Crippen LogP contribution is -2.50. The van der Waals surface area contributed by atoms with Crippen LogP contribution in [0.2, 0.25) is 0 Å². The zero-order valence-corrected chi connectivity index (χ0v) is 28.7. The van der Waals surface area contributed by atoms with Gasteiger partial charge in [-0.2, -0.15) is 13.8 Å². The third kappa shape index (κ3) is 6.28. The predicted molar refractivity (Wildman–Crippen MR) is 192 cm³/mol. The second-order valence-electron chi connectivity index (χ2n) is 13.9.